The summed E-state index contributed by atoms with van der Waals surface area (Å²) >= 11 is 0. The van der Waals surface area contributed by atoms with Gasteiger partial charge >= 0.3 is 0 Å². The fourth-order valence-corrected chi connectivity index (χ4v) is 3.44. The topological polar surface area (TPSA) is 46.1 Å². The van der Waals surface area contributed by atoms with Crippen molar-refractivity contribution >= 4 is 47.3 Å². The molecule has 1 aromatic carbocycles. The molecule has 1 aliphatic rings. The number of benzene rings is 1. The number of aryl methyl sites for hydroxylation is 1. The molecule has 2 aromatic rings. The first-order valence-corrected chi connectivity index (χ1v) is 8.85. The summed E-state index contributed by atoms with van der Waals surface area (Å²) in [7, 11) is 0. The zero-order valence-corrected chi connectivity index (χ0v) is 16.4. The van der Waals surface area contributed by atoms with Gasteiger partial charge in [0.2, 0.25) is 5.91 Å². The van der Waals surface area contributed by atoms with Crippen LogP contribution in [-0.2, 0) is 11.3 Å². The summed E-state index contributed by atoms with van der Waals surface area (Å²) in [6, 6.07) is 8.31. The number of nitrogens with zero attached hydrogens (tertiary/aromatic N) is 1. The van der Waals surface area contributed by atoms with Crippen molar-refractivity contribution in [2.45, 2.75) is 45.6 Å². The molecule has 0 saturated carbocycles. The van der Waals surface area contributed by atoms with Crippen molar-refractivity contribution in [1.29, 1.82) is 0 Å². The highest BCUT2D eigenvalue weighted by Crippen LogP contribution is 2.22. The van der Waals surface area contributed by atoms with Crippen molar-refractivity contribution in [3.8, 4) is 0 Å². The molecule has 25 heavy (non-hydrogen) atoms. The molecule has 0 atom stereocenters. The summed E-state index contributed by atoms with van der Waals surface area (Å²) < 4.78 is 2.26. The number of fused-ring (bicyclic) bond motifs is 1. The van der Waals surface area contributed by atoms with E-state index >= 15 is 0 Å². The van der Waals surface area contributed by atoms with Crippen LogP contribution in [0.1, 0.15) is 39.0 Å². The molecule has 0 bridgehead atoms. The number of nitrogens with one attached hydrogen (secondary N) is 2. The van der Waals surface area contributed by atoms with Crippen LogP contribution in [-0.4, -0.2) is 23.6 Å². The van der Waals surface area contributed by atoms with E-state index in [0.29, 0.717) is 12.3 Å². The molecule has 1 aliphatic heterocycles. The van der Waals surface area contributed by atoms with E-state index in [4.69, 9.17) is 0 Å². The number of amides is 1. The molecular weight excluding hydrogens is 357 g/mol. The summed E-state index contributed by atoms with van der Waals surface area (Å²) in [4.78, 5) is 12.2. The van der Waals surface area contributed by atoms with Gasteiger partial charge in [0, 0.05) is 35.8 Å². The van der Waals surface area contributed by atoms with Gasteiger partial charge in [0.25, 0.3) is 0 Å². The van der Waals surface area contributed by atoms with Gasteiger partial charge in [-0.15, -0.1) is 24.8 Å². The van der Waals surface area contributed by atoms with E-state index in [1.165, 1.54) is 23.7 Å². The van der Waals surface area contributed by atoms with Crippen molar-refractivity contribution in [3.05, 3.63) is 30.5 Å². The van der Waals surface area contributed by atoms with Gasteiger partial charge in [-0.1, -0.05) is 6.92 Å². The molecule has 2 N–H and O–H groups in total. The minimum Gasteiger partial charge on any atom is -0.347 e. The lowest BCUT2D eigenvalue weighted by molar-refractivity contribution is -0.116. The number of carbonyl (C=O) groups is 1. The molecule has 0 radical (unpaired) electrons. The lowest BCUT2D eigenvalue weighted by atomic mass is 9.93. The zero-order valence-electron chi connectivity index (χ0n) is 14.8. The largest absolute Gasteiger partial charge is 0.347 e. The molecular formula is C19H29Cl2N3O. The molecule has 0 aliphatic carbocycles. The first kappa shape index (κ1) is 21.8. The maximum Gasteiger partial charge on any atom is 0.224 e. The van der Waals surface area contributed by atoms with Crippen LogP contribution in [0.2, 0.25) is 0 Å². The Morgan fingerprint density at radius 2 is 2.00 bits per heavy atom. The van der Waals surface area contributed by atoms with Crippen LogP contribution in [0.3, 0.4) is 0 Å². The smallest absolute Gasteiger partial charge is 0.224 e. The van der Waals surface area contributed by atoms with Crippen molar-refractivity contribution in [3.63, 3.8) is 0 Å². The maximum absolute atomic E-state index is 12.2. The Morgan fingerprint density at radius 1 is 1.24 bits per heavy atom. The minimum atomic E-state index is 0. The second-order valence-corrected chi connectivity index (χ2v) is 6.56. The molecule has 1 saturated heterocycles. The third-order valence-corrected chi connectivity index (χ3v) is 4.76. The molecule has 0 unspecified atom stereocenters. The summed E-state index contributed by atoms with van der Waals surface area (Å²) in [6.07, 6.45) is 7.27. The van der Waals surface area contributed by atoms with Gasteiger partial charge < -0.3 is 15.2 Å². The normalized spacial score (nSPS) is 14.6. The van der Waals surface area contributed by atoms with E-state index in [1.54, 1.807) is 0 Å². The number of rotatable bonds is 6. The molecule has 1 fully saturated rings. The Bertz CT molecular complexity index is 666. The second-order valence-electron chi connectivity index (χ2n) is 6.56. The fraction of sp³-hybridized carbons (Fsp3) is 0.526. The van der Waals surface area contributed by atoms with Crippen molar-refractivity contribution < 1.29 is 4.79 Å². The number of hydrogen-bond acceptors (Lipinski definition) is 2. The van der Waals surface area contributed by atoms with Crippen LogP contribution in [0.25, 0.3) is 10.9 Å². The van der Waals surface area contributed by atoms with Crippen LogP contribution in [0, 0.1) is 5.92 Å². The predicted octanol–water partition coefficient (Wildman–Crippen LogP) is 4.61. The summed E-state index contributed by atoms with van der Waals surface area (Å²) in [6.45, 7) is 5.41. The van der Waals surface area contributed by atoms with Crippen molar-refractivity contribution in [2.24, 2.45) is 5.92 Å². The monoisotopic (exact) mass is 385 g/mol. The van der Waals surface area contributed by atoms with Crippen molar-refractivity contribution in [2.75, 3.05) is 18.4 Å². The van der Waals surface area contributed by atoms with E-state index < -0.39 is 0 Å². The van der Waals surface area contributed by atoms with Crippen LogP contribution in [0.5, 0.6) is 0 Å². The third kappa shape index (κ3) is 5.91. The molecule has 3 rings (SSSR count). The van der Waals surface area contributed by atoms with Crippen molar-refractivity contribution in [1.82, 2.24) is 9.88 Å². The standard InChI is InChI=1S/C19H27N3O.2ClH/c1-2-12-22-13-9-16-14-17(4-5-18(16)22)21-19(23)6-3-15-7-10-20-11-8-15;;/h4-5,9,13-15,20H,2-3,6-8,10-12H2,1H3,(H,21,23);2*1H. The Balaban J connectivity index is 0.00000156. The second kappa shape index (κ2) is 10.7. The van der Waals surface area contributed by atoms with Gasteiger partial charge in [0.1, 0.15) is 0 Å². The number of carbonyl (C=O) groups excluding carboxylic acids is 1. The Kier molecular flexibility index (Phi) is 9.33. The van der Waals surface area contributed by atoms with Crippen LogP contribution < -0.4 is 10.6 Å². The third-order valence-electron chi connectivity index (χ3n) is 4.76. The average Bonchev–Trinajstić information content (AvgIpc) is 2.97. The van der Waals surface area contributed by atoms with Gasteiger partial charge in [0.05, 0.1) is 0 Å². The minimum absolute atomic E-state index is 0. The number of piperidine rings is 1. The number of anilines is 1. The van der Waals surface area contributed by atoms with Crippen LogP contribution in [0.15, 0.2) is 30.5 Å². The van der Waals surface area contributed by atoms with Gasteiger partial charge in [-0.2, -0.15) is 0 Å². The lowest BCUT2D eigenvalue weighted by Crippen LogP contribution is -2.28. The number of aromatic nitrogens is 1. The summed E-state index contributed by atoms with van der Waals surface area (Å²) in [5.74, 6) is 0.837. The highest BCUT2D eigenvalue weighted by molar-refractivity contribution is 5.93. The van der Waals surface area contributed by atoms with Gasteiger partial charge in [-0.25, -0.2) is 0 Å². The zero-order chi connectivity index (χ0) is 16.1. The van der Waals surface area contributed by atoms with E-state index in [2.05, 4.69) is 46.5 Å². The fourth-order valence-electron chi connectivity index (χ4n) is 3.44. The van der Waals surface area contributed by atoms with Crippen LogP contribution >= 0.6 is 24.8 Å². The molecule has 1 aromatic heterocycles. The van der Waals surface area contributed by atoms with Gasteiger partial charge in [0.15, 0.2) is 0 Å². The average molecular weight is 386 g/mol. The molecule has 1 amide bonds. The van der Waals surface area contributed by atoms with E-state index in [9.17, 15) is 4.79 Å². The summed E-state index contributed by atoms with van der Waals surface area (Å²) in [5.41, 5.74) is 2.14. The van der Waals surface area contributed by atoms with E-state index in [-0.39, 0.29) is 30.7 Å². The van der Waals surface area contributed by atoms with E-state index in [0.717, 1.165) is 38.2 Å². The summed E-state index contributed by atoms with van der Waals surface area (Å²) in [5, 5.41) is 7.61. The van der Waals surface area contributed by atoms with E-state index in [1.807, 2.05) is 6.07 Å². The predicted molar refractivity (Wildman–Crippen MR) is 110 cm³/mol. The molecule has 0 spiro atoms. The Hall–Kier alpha value is -1.23. The first-order valence-electron chi connectivity index (χ1n) is 8.85. The number of halogens is 2. The van der Waals surface area contributed by atoms with Gasteiger partial charge in [-0.3, -0.25) is 4.79 Å². The quantitative estimate of drug-likeness (QED) is 0.762. The Morgan fingerprint density at radius 3 is 2.72 bits per heavy atom. The SMILES string of the molecule is CCCn1ccc2cc(NC(=O)CCC3CCNCC3)ccc21.Cl.Cl. The van der Waals surface area contributed by atoms with Gasteiger partial charge in [-0.05, 0) is 69.0 Å². The van der Waals surface area contributed by atoms with Crippen LogP contribution in [0.4, 0.5) is 5.69 Å². The Labute approximate surface area is 162 Å². The highest BCUT2D eigenvalue weighted by Gasteiger charge is 2.14. The molecule has 140 valence electrons. The first-order chi connectivity index (χ1) is 11.3. The lowest BCUT2D eigenvalue weighted by Gasteiger charge is -2.22. The molecule has 2 heterocycles. The highest BCUT2D eigenvalue weighted by atomic mass is 35.5. The molecule has 4 nitrogen and oxygen atoms in total. The maximum atomic E-state index is 12.2. The molecule has 6 heteroatoms. The number of hydrogen-bond donors (Lipinski definition) is 2.